The van der Waals surface area contributed by atoms with Crippen LogP contribution in [-0.4, -0.2) is 28.2 Å². The lowest BCUT2D eigenvalue weighted by molar-refractivity contribution is -0.384. The van der Waals surface area contributed by atoms with E-state index in [0.717, 1.165) is 17.4 Å². The highest BCUT2D eigenvalue weighted by Gasteiger charge is 2.17. The average molecular weight is 386 g/mol. The first-order valence-corrected chi connectivity index (χ1v) is 8.00. The minimum absolute atomic E-state index is 0.0108. The van der Waals surface area contributed by atoms with E-state index in [0.29, 0.717) is 5.69 Å². The van der Waals surface area contributed by atoms with E-state index < -0.39 is 10.9 Å². The van der Waals surface area contributed by atoms with Crippen molar-refractivity contribution in [2.75, 3.05) is 7.11 Å². The number of hydrogen-bond donors (Lipinski definition) is 0. The van der Waals surface area contributed by atoms with Crippen LogP contribution < -0.4 is 9.47 Å². The SMILES string of the molecule is COc1ccc(-c2ccc(OC(=O)c3ccc([N+](=O)[O-])cc3Cl)nn2)cc1. The Bertz CT molecular complexity index is 991. The average Bonchev–Trinajstić information content (AvgIpc) is 2.68. The molecule has 0 aliphatic heterocycles. The fourth-order valence-electron chi connectivity index (χ4n) is 2.22. The molecule has 0 aliphatic carbocycles. The van der Waals surface area contributed by atoms with Crippen LogP contribution >= 0.6 is 11.6 Å². The van der Waals surface area contributed by atoms with Crippen molar-refractivity contribution in [2.24, 2.45) is 0 Å². The molecule has 3 rings (SSSR count). The molecule has 3 aromatic rings. The molecule has 0 aliphatic rings. The zero-order valence-corrected chi connectivity index (χ0v) is 14.7. The Morgan fingerprint density at radius 3 is 2.37 bits per heavy atom. The van der Waals surface area contributed by atoms with Crippen LogP contribution in [0.25, 0.3) is 11.3 Å². The van der Waals surface area contributed by atoms with Gasteiger partial charge in [0.2, 0.25) is 5.88 Å². The number of nitrogens with zero attached hydrogens (tertiary/aromatic N) is 3. The number of esters is 1. The van der Waals surface area contributed by atoms with Gasteiger partial charge in [-0.25, -0.2) is 4.79 Å². The molecule has 1 heterocycles. The van der Waals surface area contributed by atoms with Crippen molar-refractivity contribution in [1.82, 2.24) is 10.2 Å². The molecule has 0 amide bonds. The lowest BCUT2D eigenvalue weighted by Crippen LogP contribution is -2.10. The Kier molecular flexibility index (Phi) is 5.28. The number of carbonyl (C=O) groups excluding carboxylic acids is 1. The Morgan fingerprint density at radius 1 is 1.07 bits per heavy atom. The van der Waals surface area contributed by atoms with Crippen LogP contribution in [0.4, 0.5) is 5.69 Å². The molecule has 0 saturated carbocycles. The second-order valence-corrected chi connectivity index (χ2v) is 5.70. The summed E-state index contributed by atoms with van der Waals surface area (Å²) in [6, 6.07) is 13.8. The van der Waals surface area contributed by atoms with Gasteiger partial charge in [-0.2, -0.15) is 0 Å². The van der Waals surface area contributed by atoms with Crippen LogP contribution in [-0.2, 0) is 0 Å². The lowest BCUT2D eigenvalue weighted by atomic mass is 10.1. The molecule has 0 atom stereocenters. The Morgan fingerprint density at radius 2 is 1.81 bits per heavy atom. The number of hydrogen-bond acceptors (Lipinski definition) is 7. The number of ether oxygens (including phenoxy) is 2. The van der Waals surface area contributed by atoms with Crippen LogP contribution in [0.2, 0.25) is 5.02 Å². The first-order chi connectivity index (χ1) is 13.0. The zero-order chi connectivity index (χ0) is 19.4. The molecule has 0 radical (unpaired) electrons. The number of nitro benzene ring substituents is 1. The summed E-state index contributed by atoms with van der Waals surface area (Å²) in [6.07, 6.45) is 0. The molecule has 27 heavy (non-hydrogen) atoms. The van der Waals surface area contributed by atoms with Crippen molar-refractivity contribution in [3.8, 4) is 22.9 Å². The monoisotopic (exact) mass is 385 g/mol. The van der Waals surface area contributed by atoms with Crippen LogP contribution in [0.5, 0.6) is 11.6 Å². The quantitative estimate of drug-likeness (QED) is 0.372. The molecule has 9 heteroatoms. The number of non-ortho nitro benzene ring substituents is 1. The van der Waals surface area contributed by atoms with Gasteiger partial charge in [-0.05, 0) is 36.4 Å². The minimum Gasteiger partial charge on any atom is -0.497 e. The third-order valence-corrected chi connectivity index (χ3v) is 3.92. The first kappa shape index (κ1) is 18.3. The van der Waals surface area contributed by atoms with Crippen LogP contribution in [0.3, 0.4) is 0 Å². The van der Waals surface area contributed by atoms with E-state index in [1.165, 1.54) is 18.2 Å². The highest BCUT2D eigenvalue weighted by molar-refractivity contribution is 6.33. The molecule has 0 N–H and O–H groups in total. The topological polar surface area (TPSA) is 104 Å². The molecule has 136 valence electrons. The number of halogens is 1. The number of nitro groups is 1. The Balaban J connectivity index is 1.74. The van der Waals surface area contributed by atoms with E-state index in [-0.39, 0.29) is 22.2 Å². The first-order valence-electron chi connectivity index (χ1n) is 7.62. The number of benzene rings is 2. The van der Waals surface area contributed by atoms with Crippen molar-refractivity contribution >= 4 is 23.3 Å². The van der Waals surface area contributed by atoms with Gasteiger partial charge in [0.25, 0.3) is 5.69 Å². The van der Waals surface area contributed by atoms with Crippen molar-refractivity contribution in [2.45, 2.75) is 0 Å². The van der Waals surface area contributed by atoms with E-state index in [1.54, 1.807) is 25.3 Å². The van der Waals surface area contributed by atoms with Gasteiger partial charge in [-0.1, -0.05) is 11.6 Å². The second-order valence-electron chi connectivity index (χ2n) is 5.30. The van der Waals surface area contributed by atoms with Gasteiger partial charge in [-0.15, -0.1) is 10.2 Å². The van der Waals surface area contributed by atoms with E-state index in [1.807, 2.05) is 12.1 Å². The predicted molar refractivity (Wildman–Crippen MR) is 97.1 cm³/mol. The Labute approximate surface area is 158 Å². The van der Waals surface area contributed by atoms with Gasteiger partial charge in [0, 0.05) is 23.8 Å². The van der Waals surface area contributed by atoms with Gasteiger partial charge < -0.3 is 9.47 Å². The minimum atomic E-state index is -0.790. The van der Waals surface area contributed by atoms with Crippen molar-refractivity contribution in [3.05, 3.63) is 75.3 Å². The maximum absolute atomic E-state index is 12.2. The predicted octanol–water partition coefficient (Wildman–Crippen LogP) is 3.93. The van der Waals surface area contributed by atoms with Gasteiger partial charge in [-0.3, -0.25) is 10.1 Å². The largest absolute Gasteiger partial charge is 0.497 e. The van der Waals surface area contributed by atoms with Crippen molar-refractivity contribution < 1.29 is 19.2 Å². The van der Waals surface area contributed by atoms with Gasteiger partial charge >= 0.3 is 5.97 Å². The molecule has 0 bridgehead atoms. The van der Waals surface area contributed by atoms with Gasteiger partial charge in [0.05, 0.1) is 28.3 Å². The highest BCUT2D eigenvalue weighted by Crippen LogP contribution is 2.24. The van der Waals surface area contributed by atoms with Crippen LogP contribution in [0.1, 0.15) is 10.4 Å². The molecular formula is C18H12ClN3O5. The summed E-state index contributed by atoms with van der Waals surface area (Å²) < 4.78 is 10.2. The van der Waals surface area contributed by atoms with E-state index in [2.05, 4.69) is 10.2 Å². The maximum Gasteiger partial charge on any atom is 0.346 e. The van der Waals surface area contributed by atoms with Crippen LogP contribution in [0, 0.1) is 10.1 Å². The van der Waals surface area contributed by atoms with E-state index in [4.69, 9.17) is 21.1 Å². The molecule has 0 saturated heterocycles. The highest BCUT2D eigenvalue weighted by atomic mass is 35.5. The summed E-state index contributed by atoms with van der Waals surface area (Å²) in [5, 5.41) is 18.5. The number of methoxy groups -OCH3 is 1. The number of carbonyl (C=O) groups is 1. The standard InChI is InChI=1S/C18H12ClN3O5/c1-26-13-5-2-11(3-6-13)16-8-9-17(21-20-16)27-18(23)14-7-4-12(22(24)25)10-15(14)19/h2-10H,1H3. The van der Waals surface area contributed by atoms with Crippen LogP contribution in [0.15, 0.2) is 54.6 Å². The van der Waals surface area contributed by atoms with Gasteiger partial charge in [0.1, 0.15) is 5.75 Å². The summed E-state index contributed by atoms with van der Waals surface area (Å²) in [7, 11) is 1.58. The molecule has 0 spiro atoms. The fraction of sp³-hybridized carbons (Fsp3) is 0.0556. The zero-order valence-electron chi connectivity index (χ0n) is 14.0. The molecule has 2 aromatic carbocycles. The van der Waals surface area contributed by atoms with E-state index >= 15 is 0 Å². The molecule has 8 nitrogen and oxygen atoms in total. The summed E-state index contributed by atoms with van der Waals surface area (Å²) >= 11 is 5.91. The summed E-state index contributed by atoms with van der Waals surface area (Å²) in [5.74, 6) is -0.0923. The lowest BCUT2D eigenvalue weighted by Gasteiger charge is -2.06. The molecule has 0 fully saturated rings. The second kappa shape index (κ2) is 7.79. The third kappa shape index (κ3) is 4.18. The molecule has 1 aromatic heterocycles. The normalized spacial score (nSPS) is 10.3. The van der Waals surface area contributed by atoms with E-state index in [9.17, 15) is 14.9 Å². The molecule has 0 unspecified atom stereocenters. The van der Waals surface area contributed by atoms with Gasteiger partial charge in [0.15, 0.2) is 0 Å². The van der Waals surface area contributed by atoms with Crippen molar-refractivity contribution in [1.29, 1.82) is 0 Å². The smallest absolute Gasteiger partial charge is 0.346 e. The summed E-state index contributed by atoms with van der Waals surface area (Å²) in [4.78, 5) is 22.3. The third-order valence-electron chi connectivity index (χ3n) is 3.61. The Hall–Kier alpha value is -3.52. The van der Waals surface area contributed by atoms with Crippen molar-refractivity contribution in [3.63, 3.8) is 0 Å². The number of rotatable bonds is 5. The maximum atomic E-state index is 12.2. The molecular weight excluding hydrogens is 374 g/mol. The summed E-state index contributed by atoms with van der Waals surface area (Å²) in [6.45, 7) is 0. The number of aromatic nitrogens is 2. The summed E-state index contributed by atoms with van der Waals surface area (Å²) in [5.41, 5.74) is 1.17. The fourth-order valence-corrected chi connectivity index (χ4v) is 2.48.